The Balaban J connectivity index is 1.50. The van der Waals surface area contributed by atoms with Gasteiger partial charge in [0.15, 0.2) is 5.78 Å². The van der Waals surface area contributed by atoms with E-state index in [1.807, 2.05) is 4.90 Å². The third-order valence-electron chi connectivity index (χ3n) is 5.97. The van der Waals surface area contributed by atoms with Crippen LogP contribution in [0.4, 0.5) is 8.78 Å². The first-order valence-electron chi connectivity index (χ1n) is 10.0. The Morgan fingerprint density at radius 2 is 1.26 bits per heavy atom. The van der Waals surface area contributed by atoms with Crippen LogP contribution in [0.3, 0.4) is 0 Å². The van der Waals surface area contributed by atoms with Gasteiger partial charge in [-0.1, -0.05) is 0 Å². The molecule has 3 aliphatic heterocycles. The van der Waals surface area contributed by atoms with Gasteiger partial charge in [-0.25, -0.2) is 18.4 Å². The van der Waals surface area contributed by atoms with E-state index in [4.69, 9.17) is 9.47 Å². The maximum Gasteiger partial charge on any atom is 0.338 e. The van der Waals surface area contributed by atoms with Crippen molar-refractivity contribution in [2.45, 2.75) is 18.4 Å². The summed E-state index contributed by atoms with van der Waals surface area (Å²) in [7, 11) is 0. The van der Waals surface area contributed by atoms with E-state index in [-0.39, 0.29) is 36.0 Å². The fourth-order valence-electron chi connectivity index (χ4n) is 4.18. The van der Waals surface area contributed by atoms with Gasteiger partial charge in [0.2, 0.25) is 0 Å². The maximum atomic E-state index is 13.2. The number of piperidine rings is 3. The predicted octanol–water partition coefficient (Wildman–Crippen LogP) is 3.01. The lowest BCUT2D eigenvalue weighted by Crippen LogP contribution is -2.69. The number of halogens is 2. The summed E-state index contributed by atoms with van der Waals surface area (Å²) in [5.41, 5.74) is -0.960. The van der Waals surface area contributed by atoms with Crippen LogP contribution in [0.5, 0.6) is 0 Å². The third-order valence-corrected chi connectivity index (χ3v) is 5.97. The second-order valence-electron chi connectivity index (χ2n) is 7.82. The lowest BCUT2D eigenvalue weighted by atomic mass is 9.74. The van der Waals surface area contributed by atoms with Gasteiger partial charge in [-0.2, -0.15) is 0 Å². The molecule has 2 aromatic rings. The summed E-state index contributed by atoms with van der Waals surface area (Å²) < 4.78 is 37.1. The number of carbonyl (C=O) groups is 3. The molecule has 0 aromatic heterocycles. The molecule has 3 fully saturated rings. The Morgan fingerprint density at radius 3 is 1.65 bits per heavy atom. The number of ketones is 1. The van der Waals surface area contributed by atoms with Gasteiger partial charge in [0.05, 0.1) is 11.1 Å². The van der Waals surface area contributed by atoms with Gasteiger partial charge in [0, 0.05) is 19.0 Å². The number of fused-ring (bicyclic) bond motifs is 3. The van der Waals surface area contributed by atoms with Crippen molar-refractivity contribution in [1.82, 2.24) is 4.90 Å². The molecule has 3 heterocycles. The zero-order chi connectivity index (χ0) is 22.0. The van der Waals surface area contributed by atoms with E-state index in [9.17, 15) is 23.2 Å². The molecule has 8 heteroatoms. The first kappa shape index (κ1) is 21.1. The minimum absolute atomic E-state index is 0.121. The molecule has 0 atom stereocenters. The van der Waals surface area contributed by atoms with Crippen LogP contribution in [0, 0.1) is 17.6 Å². The van der Waals surface area contributed by atoms with E-state index < -0.39 is 29.1 Å². The van der Waals surface area contributed by atoms with Crippen molar-refractivity contribution in [2.24, 2.45) is 5.92 Å². The lowest BCUT2D eigenvalue weighted by molar-refractivity contribution is -0.157. The molecular formula is C23H21F2NO5. The Labute approximate surface area is 177 Å². The molecule has 3 aliphatic rings. The molecule has 5 rings (SSSR count). The van der Waals surface area contributed by atoms with Crippen molar-refractivity contribution in [2.75, 3.05) is 26.3 Å². The first-order chi connectivity index (χ1) is 14.9. The highest BCUT2D eigenvalue weighted by Crippen LogP contribution is 2.37. The van der Waals surface area contributed by atoms with Gasteiger partial charge in [-0.05, 0) is 61.4 Å². The minimum atomic E-state index is -1.27. The Bertz CT molecular complexity index is 921. The van der Waals surface area contributed by atoms with E-state index in [2.05, 4.69) is 0 Å². The third kappa shape index (κ3) is 4.20. The molecule has 0 unspecified atom stereocenters. The van der Waals surface area contributed by atoms with Crippen molar-refractivity contribution < 1.29 is 32.6 Å². The van der Waals surface area contributed by atoms with Gasteiger partial charge < -0.3 is 9.47 Å². The Hall–Kier alpha value is -3.13. The standard InChI is InChI=1S/C23H21F2NO5/c24-18-5-1-16(2-6-18)21(28)30-13-23(20(27)15-9-11-26(23)12-10-15)14-31-22(29)17-3-7-19(25)8-4-17/h1-8,15H,9-14H2. The zero-order valence-electron chi connectivity index (χ0n) is 16.7. The molecule has 162 valence electrons. The van der Waals surface area contributed by atoms with Gasteiger partial charge in [-0.3, -0.25) is 9.69 Å². The van der Waals surface area contributed by atoms with Gasteiger partial charge in [-0.15, -0.1) is 0 Å². The van der Waals surface area contributed by atoms with Crippen molar-refractivity contribution in [3.63, 3.8) is 0 Å². The van der Waals surface area contributed by atoms with E-state index in [0.29, 0.717) is 25.9 Å². The molecule has 0 spiro atoms. The van der Waals surface area contributed by atoms with Crippen LogP contribution in [0.25, 0.3) is 0 Å². The van der Waals surface area contributed by atoms with Crippen LogP contribution < -0.4 is 0 Å². The average molecular weight is 429 g/mol. The second kappa shape index (κ2) is 8.55. The molecule has 0 radical (unpaired) electrons. The van der Waals surface area contributed by atoms with E-state index in [1.54, 1.807) is 0 Å². The zero-order valence-corrected chi connectivity index (χ0v) is 16.7. The van der Waals surface area contributed by atoms with Crippen LogP contribution in [0.15, 0.2) is 48.5 Å². The molecule has 2 bridgehead atoms. The fraction of sp³-hybridized carbons (Fsp3) is 0.348. The number of Topliss-reactive ketones (excluding diaryl/α,β-unsaturated/α-hetero) is 1. The van der Waals surface area contributed by atoms with Gasteiger partial charge in [0.1, 0.15) is 30.4 Å². The van der Waals surface area contributed by atoms with Crippen LogP contribution in [-0.2, 0) is 14.3 Å². The summed E-state index contributed by atoms with van der Waals surface area (Å²) in [5.74, 6) is -2.65. The monoisotopic (exact) mass is 429 g/mol. The highest BCUT2D eigenvalue weighted by atomic mass is 19.1. The minimum Gasteiger partial charge on any atom is -0.459 e. The SMILES string of the molecule is O=C(OCC1(COC(=O)c2ccc(F)cc2)C(=O)C2CCN1CC2)c1ccc(F)cc1. The maximum absolute atomic E-state index is 13.2. The number of ether oxygens (including phenoxy) is 2. The molecule has 2 aromatic carbocycles. The second-order valence-corrected chi connectivity index (χ2v) is 7.82. The number of benzene rings is 2. The molecule has 0 saturated carbocycles. The highest BCUT2D eigenvalue weighted by molar-refractivity contribution is 5.95. The van der Waals surface area contributed by atoms with Crippen LogP contribution in [0.2, 0.25) is 0 Å². The number of esters is 2. The highest BCUT2D eigenvalue weighted by Gasteiger charge is 2.55. The van der Waals surface area contributed by atoms with Crippen molar-refractivity contribution in [3.05, 3.63) is 71.3 Å². The number of carbonyl (C=O) groups excluding carboxylic acids is 3. The van der Waals surface area contributed by atoms with E-state index >= 15 is 0 Å². The molecular weight excluding hydrogens is 408 g/mol. The van der Waals surface area contributed by atoms with Crippen LogP contribution in [-0.4, -0.2) is 54.5 Å². The Morgan fingerprint density at radius 1 is 0.839 bits per heavy atom. The molecule has 31 heavy (non-hydrogen) atoms. The molecule has 0 N–H and O–H groups in total. The Kier molecular flexibility index (Phi) is 5.82. The topological polar surface area (TPSA) is 72.9 Å². The lowest BCUT2D eigenvalue weighted by Gasteiger charge is -2.51. The smallest absolute Gasteiger partial charge is 0.338 e. The van der Waals surface area contributed by atoms with Crippen LogP contribution >= 0.6 is 0 Å². The molecule has 6 nitrogen and oxygen atoms in total. The quantitative estimate of drug-likeness (QED) is 0.658. The summed E-state index contributed by atoms with van der Waals surface area (Å²) in [6.07, 6.45) is 1.41. The normalized spacial score (nSPS) is 21.5. The number of hydrogen-bond donors (Lipinski definition) is 0. The molecule has 0 aliphatic carbocycles. The van der Waals surface area contributed by atoms with Crippen molar-refractivity contribution >= 4 is 17.7 Å². The number of rotatable bonds is 6. The number of nitrogens with zero attached hydrogens (tertiary/aromatic N) is 1. The van der Waals surface area contributed by atoms with Gasteiger partial charge >= 0.3 is 11.9 Å². The van der Waals surface area contributed by atoms with Gasteiger partial charge in [0.25, 0.3) is 0 Å². The summed E-state index contributed by atoms with van der Waals surface area (Å²) in [4.78, 5) is 39.9. The molecule has 0 amide bonds. The largest absolute Gasteiger partial charge is 0.459 e. The predicted molar refractivity (Wildman–Crippen MR) is 105 cm³/mol. The van der Waals surface area contributed by atoms with E-state index in [1.165, 1.54) is 24.3 Å². The summed E-state index contributed by atoms with van der Waals surface area (Å²) in [6, 6.07) is 9.79. The van der Waals surface area contributed by atoms with Crippen molar-refractivity contribution in [1.29, 1.82) is 0 Å². The average Bonchev–Trinajstić information content (AvgIpc) is 2.79. The first-order valence-corrected chi connectivity index (χ1v) is 10.0. The van der Waals surface area contributed by atoms with E-state index in [0.717, 1.165) is 24.3 Å². The summed E-state index contributed by atoms with van der Waals surface area (Å²) >= 11 is 0. The fourth-order valence-corrected chi connectivity index (χ4v) is 4.18. The summed E-state index contributed by atoms with van der Waals surface area (Å²) in [5, 5.41) is 0. The number of hydrogen-bond acceptors (Lipinski definition) is 6. The molecule has 3 saturated heterocycles. The van der Waals surface area contributed by atoms with Crippen LogP contribution in [0.1, 0.15) is 33.6 Å². The van der Waals surface area contributed by atoms with Crippen molar-refractivity contribution in [3.8, 4) is 0 Å². The summed E-state index contributed by atoms with van der Waals surface area (Å²) in [6.45, 7) is 0.682.